The summed E-state index contributed by atoms with van der Waals surface area (Å²) in [6.45, 7) is 4.39. The summed E-state index contributed by atoms with van der Waals surface area (Å²) in [4.78, 5) is 4.16. The van der Waals surface area contributed by atoms with E-state index in [0.717, 1.165) is 18.1 Å². The molecule has 1 heterocycles. The molecular formula is C8H15N5. The molecule has 0 aliphatic heterocycles. The molecule has 0 unspecified atom stereocenters. The molecule has 0 spiro atoms. The van der Waals surface area contributed by atoms with E-state index in [-0.39, 0.29) is 0 Å². The van der Waals surface area contributed by atoms with Crippen molar-refractivity contribution in [3.05, 3.63) is 11.6 Å². The molecule has 5 nitrogen and oxygen atoms in total. The van der Waals surface area contributed by atoms with E-state index >= 15 is 0 Å². The van der Waals surface area contributed by atoms with Gasteiger partial charge in [-0.3, -0.25) is 4.99 Å². The lowest BCUT2D eigenvalue weighted by molar-refractivity contribution is 0.772. The highest BCUT2D eigenvalue weighted by molar-refractivity contribution is 5.79. The summed E-state index contributed by atoms with van der Waals surface area (Å²) in [5, 5.41) is 7.89. The first-order valence-corrected chi connectivity index (χ1v) is 4.28. The van der Waals surface area contributed by atoms with Crippen molar-refractivity contribution in [3.63, 3.8) is 0 Å². The van der Waals surface area contributed by atoms with Gasteiger partial charge in [0.05, 0.1) is 5.84 Å². The van der Waals surface area contributed by atoms with E-state index in [9.17, 15) is 0 Å². The largest absolute Gasteiger partial charge is 0.387 e. The van der Waals surface area contributed by atoms with Crippen LogP contribution in [0, 0.1) is 6.92 Å². The first-order chi connectivity index (χ1) is 6.15. The van der Waals surface area contributed by atoms with Crippen LogP contribution in [0.1, 0.15) is 25.0 Å². The molecular weight excluding hydrogens is 166 g/mol. The van der Waals surface area contributed by atoms with Crippen molar-refractivity contribution >= 4 is 5.84 Å². The maximum Gasteiger partial charge on any atom is 0.154 e. The van der Waals surface area contributed by atoms with Crippen LogP contribution in [-0.2, 0) is 13.6 Å². The molecule has 72 valence electrons. The molecule has 2 N–H and O–H groups in total. The van der Waals surface area contributed by atoms with E-state index in [0.29, 0.717) is 12.4 Å². The van der Waals surface area contributed by atoms with Gasteiger partial charge in [-0.15, -0.1) is 10.2 Å². The molecule has 0 saturated carbocycles. The monoisotopic (exact) mass is 181 g/mol. The molecule has 13 heavy (non-hydrogen) atoms. The second kappa shape index (κ2) is 4.02. The minimum absolute atomic E-state index is 0.511. The van der Waals surface area contributed by atoms with Crippen LogP contribution < -0.4 is 5.73 Å². The third-order valence-corrected chi connectivity index (χ3v) is 1.97. The third-order valence-electron chi connectivity index (χ3n) is 1.97. The van der Waals surface area contributed by atoms with Gasteiger partial charge >= 0.3 is 0 Å². The van der Waals surface area contributed by atoms with E-state index in [1.54, 1.807) is 0 Å². The van der Waals surface area contributed by atoms with Gasteiger partial charge in [0.2, 0.25) is 0 Å². The Kier molecular flexibility index (Phi) is 3.00. The number of aliphatic imine (C=N–C) groups is 1. The highest BCUT2D eigenvalue weighted by atomic mass is 15.3. The fourth-order valence-corrected chi connectivity index (χ4v) is 0.873. The fourth-order valence-electron chi connectivity index (χ4n) is 0.873. The van der Waals surface area contributed by atoms with Gasteiger partial charge in [-0.1, -0.05) is 6.92 Å². The summed E-state index contributed by atoms with van der Waals surface area (Å²) < 4.78 is 1.91. The van der Waals surface area contributed by atoms with E-state index in [4.69, 9.17) is 5.73 Å². The molecule has 0 saturated heterocycles. The Morgan fingerprint density at radius 3 is 2.69 bits per heavy atom. The van der Waals surface area contributed by atoms with Crippen molar-refractivity contribution in [2.45, 2.75) is 26.8 Å². The zero-order chi connectivity index (χ0) is 9.84. The van der Waals surface area contributed by atoms with Gasteiger partial charge in [0.15, 0.2) is 5.82 Å². The van der Waals surface area contributed by atoms with Crippen molar-refractivity contribution < 1.29 is 0 Å². The van der Waals surface area contributed by atoms with Gasteiger partial charge in [0, 0.05) is 13.5 Å². The number of hydrogen-bond acceptors (Lipinski definition) is 3. The standard InChI is InChI=1S/C8H15N5/c1-4-7(9)10-5-8-12-11-6(2)13(8)3/h4-5H2,1-3H3,(H2,9,10). The Bertz CT molecular complexity index is 312. The zero-order valence-corrected chi connectivity index (χ0v) is 8.28. The van der Waals surface area contributed by atoms with Crippen LogP contribution >= 0.6 is 0 Å². The predicted octanol–water partition coefficient (Wildman–Crippen LogP) is 0.391. The minimum atomic E-state index is 0.511. The molecule has 0 radical (unpaired) electrons. The Labute approximate surface area is 77.7 Å². The molecule has 0 aliphatic carbocycles. The second-order valence-electron chi connectivity index (χ2n) is 2.88. The van der Waals surface area contributed by atoms with Crippen LogP contribution in [0.25, 0.3) is 0 Å². The van der Waals surface area contributed by atoms with Crippen LogP contribution in [0.3, 0.4) is 0 Å². The minimum Gasteiger partial charge on any atom is -0.387 e. The Morgan fingerprint density at radius 2 is 2.23 bits per heavy atom. The van der Waals surface area contributed by atoms with Crippen LogP contribution in [0.4, 0.5) is 0 Å². The summed E-state index contributed by atoms with van der Waals surface area (Å²) in [5.74, 6) is 2.38. The summed E-state index contributed by atoms with van der Waals surface area (Å²) in [6.07, 6.45) is 0.775. The smallest absolute Gasteiger partial charge is 0.154 e. The highest BCUT2D eigenvalue weighted by Gasteiger charge is 2.02. The lowest BCUT2D eigenvalue weighted by atomic mass is 10.4. The van der Waals surface area contributed by atoms with E-state index in [1.165, 1.54) is 0 Å². The second-order valence-corrected chi connectivity index (χ2v) is 2.88. The van der Waals surface area contributed by atoms with Crippen molar-refractivity contribution in [2.75, 3.05) is 0 Å². The Balaban J connectivity index is 2.70. The Morgan fingerprint density at radius 1 is 1.54 bits per heavy atom. The van der Waals surface area contributed by atoms with Gasteiger partial charge in [-0.2, -0.15) is 0 Å². The molecule has 0 atom stereocenters. The number of aryl methyl sites for hydroxylation is 1. The predicted molar refractivity (Wildman–Crippen MR) is 51.4 cm³/mol. The van der Waals surface area contributed by atoms with Crippen LogP contribution in [0.5, 0.6) is 0 Å². The number of amidine groups is 1. The fraction of sp³-hybridized carbons (Fsp3) is 0.625. The number of nitrogens with two attached hydrogens (primary N) is 1. The van der Waals surface area contributed by atoms with Gasteiger partial charge < -0.3 is 10.3 Å². The number of hydrogen-bond donors (Lipinski definition) is 1. The lowest BCUT2D eigenvalue weighted by Gasteiger charge is -1.98. The SMILES string of the molecule is CCC(N)=NCc1nnc(C)n1C. The molecule has 0 bridgehead atoms. The first-order valence-electron chi connectivity index (χ1n) is 4.28. The molecule has 1 rings (SSSR count). The number of aromatic nitrogens is 3. The molecule has 1 aromatic heterocycles. The summed E-state index contributed by atoms with van der Waals surface area (Å²) in [6, 6.07) is 0. The molecule has 5 heteroatoms. The third kappa shape index (κ3) is 2.27. The summed E-state index contributed by atoms with van der Waals surface area (Å²) >= 11 is 0. The average molecular weight is 181 g/mol. The highest BCUT2D eigenvalue weighted by Crippen LogP contribution is 1.99. The molecule has 0 aromatic carbocycles. The normalized spacial score (nSPS) is 12.1. The Hall–Kier alpha value is -1.39. The van der Waals surface area contributed by atoms with Crippen LogP contribution in [-0.4, -0.2) is 20.6 Å². The van der Waals surface area contributed by atoms with Crippen molar-refractivity contribution in [3.8, 4) is 0 Å². The van der Waals surface area contributed by atoms with Crippen molar-refractivity contribution in [2.24, 2.45) is 17.8 Å². The van der Waals surface area contributed by atoms with Crippen molar-refractivity contribution in [1.82, 2.24) is 14.8 Å². The summed E-state index contributed by atoms with van der Waals surface area (Å²) in [5.41, 5.74) is 5.57. The maximum atomic E-state index is 5.57. The van der Waals surface area contributed by atoms with Crippen LogP contribution in [0.15, 0.2) is 4.99 Å². The van der Waals surface area contributed by atoms with E-state index in [2.05, 4.69) is 15.2 Å². The topological polar surface area (TPSA) is 69.1 Å². The molecule has 0 fully saturated rings. The number of nitrogens with zero attached hydrogens (tertiary/aromatic N) is 4. The van der Waals surface area contributed by atoms with Gasteiger partial charge in [-0.25, -0.2) is 0 Å². The van der Waals surface area contributed by atoms with E-state index < -0.39 is 0 Å². The molecule has 1 aromatic rings. The van der Waals surface area contributed by atoms with Crippen LogP contribution in [0.2, 0.25) is 0 Å². The zero-order valence-electron chi connectivity index (χ0n) is 8.28. The lowest BCUT2D eigenvalue weighted by Crippen LogP contribution is -2.10. The maximum absolute atomic E-state index is 5.57. The first kappa shape index (κ1) is 9.70. The van der Waals surface area contributed by atoms with Crippen molar-refractivity contribution in [1.29, 1.82) is 0 Å². The van der Waals surface area contributed by atoms with E-state index in [1.807, 2.05) is 25.5 Å². The molecule has 0 amide bonds. The number of rotatable bonds is 3. The van der Waals surface area contributed by atoms with Gasteiger partial charge in [0.25, 0.3) is 0 Å². The molecule has 0 aliphatic rings. The average Bonchev–Trinajstić information content (AvgIpc) is 2.44. The summed E-state index contributed by atoms with van der Waals surface area (Å²) in [7, 11) is 1.92. The van der Waals surface area contributed by atoms with Gasteiger partial charge in [-0.05, 0) is 6.92 Å². The quantitative estimate of drug-likeness (QED) is 0.541. The van der Waals surface area contributed by atoms with Gasteiger partial charge in [0.1, 0.15) is 12.4 Å².